The minimum atomic E-state index is -4.65. The molecule has 1 aliphatic heterocycles. The van der Waals surface area contributed by atoms with Crippen LogP contribution < -0.4 is 5.32 Å². The van der Waals surface area contributed by atoms with Crippen molar-refractivity contribution in [2.75, 3.05) is 17.8 Å². The zero-order chi connectivity index (χ0) is 22.2. The van der Waals surface area contributed by atoms with E-state index < -0.39 is 27.2 Å². The lowest BCUT2D eigenvalue weighted by Gasteiger charge is -2.17. The molecule has 9 nitrogen and oxygen atoms in total. The highest BCUT2D eigenvalue weighted by molar-refractivity contribution is 7.70. The molecule has 31 heavy (non-hydrogen) atoms. The molecule has 3 atom stereocenters. The van der Waals surface area contributed by atoms with Crippen LogP contribution in [-0.2, 0) is 18.4 Å². The van der Waals surface area contributed by atoms with Gasteiger partial charge in [-0.3, -0.25) is 9.13 Å². The zero-order valence-corrected chi connectivity index (χ0v) is 20.0. The maximum absolute atomic E-state index is 11.8. The van der Waals surface area contributed by atoms with Gasteiger partial charge in [-0.25, -0.2) is 4.98 Å². The highest BCUT2D eigenvalue weighted by atomic mass is 35.5. The molecule has 3 heterocycles. The number of rotatable bonds is 8. The molecule has 1 saturated heterocycles. The van der Waals surface area contributed by atoms with Crippen LogP contribution in [0.1, 0.15) is 50.2 Å². The number of anilines is 1. The summed E-state index contributed by atoms with van der Waals surface area (Å²) in [6.45, 7) is -0.213. The van der Waals surface area contributed by atoms with Gasteiger partial charge in [0, 0.05) is 17.7 Å². The lowest BCUT2D eigenvalue weighted by molar-refractivity contribution is 0.0156. The summed E-state index contributed by atoms with van der Waals surface area (Å²) in [5, 5.41) is 6.01. The van der Waals surface area contributed by atoms with E-state index in [2.05, 4.69) is 10.3 Å². The summed E-state index contributed by atoms with van der Waals surface area (Å²) >= 11 is 7.88. The van der Waals surface area contributed by atoms with Crippen molar-refractivity contribution in [1.82, 2.24) is 4.98 Å². The standard InChI is InChI=1S/C18H25ClN2O7P2S/c19-16-7-14(20-11-3-1-2-4-11)18-17(21-16)13(9-31-18)15-6-5-12(28-15)8-27-30(25,26)10-29(22,23)24/h7,9,11-12,15H,1-6,8,10H2,(H,20,21)(H,25,26)(H2,22,23,24)/t12-,15+/m0/s1. The Kier molecular flexibility index (Phi) is 7.14. The Balaban J connectivity index is 1.44. The summed E-state index contributed by atoms with van der Waals surface area (Å²) in [6.07, 6.45) is 5.29. The third-order valence-electron chi connectivity index (χ3n) is 5.51. The number of nitrogens with zero attached hydrogens (tertiary/aromatic N) is 1. The number of thiophene rings is 1. The van der Waals surface area contributed by atoms with Crippen LogP contribution in [0.15, 0.2) is 11.4 Å². The minimum absolute atomic E-state index is 0.213. The number of hydrogen-bond donors (Lipinski definition) is 4. The van der Waals surface area contributed by atoms with Crippen LogP contribution >= 0.6 is 38.1 Å². The highest BCUT2D eigenvalue weighted by Gasteiger charge is 2.35. The van der Waals surface area contributed by atoms with Crippen molar-refractivity contribution < 1.29 is 33.1 Å². The van der Waals surface area contributed by atoms with Gasteiger partial charge in [0.05, 0.1) is 34.7 Å². The maximum Gasteiger partial charge on any atom is 0.340 e. The predicted molar refractivity (Wildman–Crippen MR) is 120 cm³/mol. The molecule has 2 aliphatic rings. The van der Waals surface area contributed by atoms with Crippen LogP contribution in [0.3, 0.4) is 0 Å². The van der Waals surface area contributed by atoms with E-state index >= 15 is 0 Å². The second-order valence-electron chi connectivity index (χ2n) is 8.05. The molecule has 0 bridgehead atoms. The molecule has 1 unspecified atom stereocenters. The molecule has 0 spiro atoms. The lowest BCUT2D eigenvalue weighted by Crippen LogP contribution is -2.15. The summed E-state index contributed by atoms with van der Waals surface area (Å²) in [6, 6.07) is 2.30. The largest absolute Gasteiger partial charge is 0.381 e. The van der Waals surface area contributed by atoms with Crippen LogP contribution in [0.5, 0.6) is 0 Å². The lowest BCUT2D eigenvalue weighted by atomic mass is 10.1. The van der Waals surface area contributed by atoms with Gasteiger partial charge in [0.1, 0.15) is 5.15 Å². The summed E-state index contributed by atoms with van der Waals surface area (Å²) in [5.41, 5.74) is 2.69. The van der Waals surface area contributed by atoms with E-state index in [-0.39, 0.29) is 12.7 Å². The normalized spacial score (nSPS) is 24.6. The van der Waals surface area contributed by atoms with Gasteiger partial charge in [-0.1, -0.05) is 24.4 Å². The van der Waals surface area contributed by atoms with E-state index in [0.717, 1.165) is 34.3 Å². The monoisotopic (exact) mass is 510 g/mol. The fraction of sp³-hybridized carbons (Fsp3) is 0.611. The fourth-order valence-corrected chi connectivity index (χ4v) is 7.96. The van der Waals surface area contributed by atoms with Crippen molar-refractivity contribution >= 4 is 54.0 Å². The molecule has 13 heteroatoms. The van der Waals surface area contributed by atoms with Crippen LogP contribution in [0.2, 0.25) is 5.15 Å². The van der Waals surface area contributed by atoms with Gasteiger partial charge >= 0.3 is 15.2 Å². The summed E-state index contributed by atoms with van der Waals surface area (Å²) < 4.78 is 34.7. The van der Waals surface area contributed by atoms with Crippen molar-refractivity contribution in [2.45, 2.75) is 56.8 Å². The van der Waals surface area contributed by atoms with Crippen molar-refractivity contribution in [3.63, 3.8) is 0 Å². The Morgan fingerprint density at radius 3 is 2.68 bits per heavy atom. The molecular formula is C18H25ClN2O7P2S. The molecule has 0 aromatic carbocycles. The minimum Gasteiger partial charge on any atom is -0.381 e. The quantitative estimate of drug-likeness (QED) is 0.289. The number of hydrogen-bond acceptors (Lipinski definition) is 7. The second kappa shape index (κ2) is 9.37. The molecule has 0 radical (unpaired) electrons. The van der Waals surface area contributed by atoms with Gasteiger partial charge in [0.2, 0.25) is 0 Å². The molecule has 2 aromatic rings. The van der Waals surface area contributed by atoms with Gasteiger partial charge < -0.3 is 29.3 Å². The molecule has 4 rings (SSSR count). The van der Waals surface area contributed by atoms with Crippen molar-refractivity contribution in [1.29, 1.82) is 0 Å². The third kappa shape index (κ3) is 6.08. The number of halogens is 1. The van der Waals surface area contributed by atoms with Gasteiger partial charge in [-0.2, -0.15) is 0 Å². The maximum atomic E-state index is 11.8. The van der Waals surface area contributed by atoms with Crippen LogP contribution in [0, 0.1) is 0 Å². The fourth-order valence-electron chi connectivity index (χ4n) is 4.15. The number of aromatic nitrogens is 1. The number of fused-ring (bicyclic) bond motifs is 1. The molecule has 4 N–H and O–H groups in total. The molecule has 2 aromatic heterocycles. The zero-order valence-electron chi connectivity index (χ0n) is 16.6. The first-order valence-corrected chi connectivity index (χ1v) is 14.9. The molecular weight excluding hydrogens is 486 g/mol. The SMILES string of the molecule is O=P(O)(O)CP(=O)(O)OC[C@@H]1CC[C@H](c2csc3c(NC4CCCC4)cc(Cl)nc23)O1. The molecule has 172 valence electrons. The Bertz CT molecular complexity index is 1040. The first-order valence-electron chi connectivity index (χ1n) is 10.1. The molecule has 1 aliphatic carbocycles. The van der Waals surface area contributed by atoms with Crippen LogP contribution in [0.25, 0.3) is 10.2 Å². The van der Waals surface area contributed by atoms with Gasteiger partial charge in [-0.05, 0) is 31.1 Å². The molecule has 1 saturated carbocycles. The topological polar surface area (TPSA) is 138 Å². The number of nitrogens with one attached hydrogen (secondary N) is 1. The third-order valence-corrected chi connectivity index (χ3v) is 10.2. The van der Waals surface area contributed by atoms with Crippen LogP contribution in [0.4, 0.5) is 5.69 Å². The van der Waals surface area contributed by atoms with E-state index in [4.69, 9.17) is 30.6 Å². The first kappa shape index (κ1) is 23.6. The summed E-state index contributed by atoms with van der Waals surface area (Å²) in [5.74, 6) is -1.20. The van der Waals surface area contributed by atoms with Gasteiger partial charge in [0.25, 0.3) is 0 Å². The Morgan fingerprint density at radius 2 is 1.97 bits per heavy atom. The van der Waals surface area contributed by atoms with E-state index in [1.807, 2.05) is 11.4 Å². The van der Waals surface area contributed by atoms with Crippen LogP contribution in [-0.4, -0.2) is 44.3 Å². The van der Waals surface area contributed by atoms with Crippen molar-refractivity contribution in [2.24, 2.45) is 0 Å². The average molecular weight is 511 g/mol. The molecule has 2 fully saturated rings. The van der Waals surface area contributed by atoms with Crippen molar-refractivity contribution in [3.8, 4) is 0 Å². The smallest absolute Gasteiger partial charge is 0.340 e. The Labute approximate surface area is 188 Å². The van der Waals surface area contributed by atoms with E-state index in [0.29, 0.717) is 24.0 Å². The summed E-state index contributed by atoms with van der Waals surface area (Å²) in [7, 11) is -9.05. The van der Waals surface area contributed by atoms with Gasteiger partial charge in [0.15, 0.2) is 5.90 Å². The highest BCUT2D eigenvalue weighted by Crippen LogP contribution is 2.55. The number of pyridine rings is 1. The predicted octanol–water partition coefficient (Wildman–Crippen LogP) is 4.86. The second-order valence-corrected chi connectivity index (χ2v) is 13.3. The summed E-state index contributed by atoms with van der Waals surface area (Å²) in [4.78, 5) is 31.9. The Morgan fingerprint density at radius 1 is 1.23 bits per heavy atom. The van der Waals surface area contributed by atoms with E-state index in [9.17, 15) is 14.0 Å². The Hall–Kier alpha value is -0.540. The first-order chi connectivity index (χ1) is 14.6. The van der Waals surface area contributed by atoms with Crippen molar-refractivity contribution in [3.05, 3.63) is 22.2 Å². The number of ether oxygens (including phenoxy) is 1. The molecule has 0 amide bonds. The van der Waals surface area contributed by atoms with E-state index in [1.165, 1.54) is 12.8 Å². The van der Waals surface area contributed by atoms with Gasteiger partial charge in [-0.15, -0.1) is 11.3 Å². The van der Waals surface area contributed by atoms with E-state index in [1.54, 1.807) is 11.3 Å². The average Bonchev–Trinajstić information content (AvgIpc) is 3.38.